The van der Waals surface area contributed by atoms with Gasteiger partial charge in [-0.1, -0.05) is 30.3 Å². The van der Waals surface area contributed by atoms with Crippen LogP contribution < -0.4 is 10.6 Å². The van der Waals surface area contributed by atoms with Crippen LogP contribution in [0.3, 0.4) is 0 Å². The van der Waals surface area contributed by atoms with E-state index in [1.165, 1.54) is 29.8 Å². The van der Waals surface area contributed by atoms with Crippen LogP contribution in [0, 0.1) is 5.82 Å². The van der Waals surface area contributed by atoms with Gasteiger partial charge in [-0.05, 0) is 48.6 Å². The molecule has 3 heteroatoms. The number of nitrogens with zero attached hydrogens (tertiary/aromatic N) is 1. The summed E-state index contributed by atoms with van der Waals surface area (Å²) in [6, 6.07) is 15.1. The second-order valence-electron chi connectivity index (χ2n) is 5.67. The molecule has 110 valence electrons. The number of aryl methyl sites for hydroxylation is 1. The van der Waals surface area contributed by atoms with E-state index in [2.05, 4.69) is 29.2 Å². The van der Waals surface area contributed by atoms with E-state index in [0.29, 0.717) is 0 Å². The van der Waals surface area contributed by atoms with Gasteiger partial charge in [-0.15, -0.1) is 0 Å². The minimum Gasteiger partial charge on any atom is -0.371 e. The van der Waals surface area contributed by atoms with Crippen LogP contribution in [-0.4, -0.2) is 13.1 Å². The van der Waals surface area contributed by atoms with E-state index in [0.717, 1.165) is 31.5 Å². The van der Waals surface area contributed by atoms with Crippen LogP contribution in [-0.2, 0) is 6.42 Å². The Balaban J connectivity index is 1.64. The third-order valence-electron chi connectivity index (χ3n) is 4.21. The van der Waals surface area contributed by atoms with Gasteiger partial charge in [-0.3, -0.25) is 0 Å². The molecule has 3 rings (SSSR count). The molecule has 2 aromatic carbocycles. The van der Waals surface area contributed by atoms with Crippen molar-refractivity contribution in [3.05, 3.63) is 65.5 Å². The Hall–Kier alpha value is -1.87. The molecule has 0 spiro atoms. The minimum absolute atomic E-state index is 0.0420. The lowest BCUT2D eigenvalue weighted by Crippen LogP contribution is -2.32. The van der Waals surface area contributed by atoms with Crippen LogP contribution in [0.2, 0.25) is 0 Å². The van der Waals surface area contributed by atoms with Crippen molar-refractivity contribution in [1.82, 2.24) is 0 Å². The molecule has 0 radical (unpaired) electrons. The molecule has 1 heterocycles. The third kappa shape index (κ3) is 3.24. The van der Waals surface area contributed by atoms with Gasteiger partial charge in [-0.2, -0.15) is 0 Å². The lowest BCUT2D eigenvalue weighted by atomic mass is 10.00. The molecule has 2 nitrogen and oxygen atoms in total. The number of nitrogens with two attached hydrogens (primary N) is 1. The first kappa shape index (κ1) is 14.1. The molecular formula is C18H21FN2. The fourth-order valence-electron chi connectivity index (χ4n) is 3.02. The van der Waals surface area contributed by atoms with Crippen molar-refractivity contribution in [1.29, 1.82) is 0 Å². The molecule has 1 aliphatic rings. The molecule has 0 aliphatic carbocycles. The number of para-hydroxylation sites is 1. The first-order valence-corrected chi connectivity index (χ1v) is 7.58. The van der Waals surface area contributed by atoms with Gasteiger partial charge in [-0.25, -0.2) is 4.39 Å². The Labute approximate surface area is 125 Å². The smallest absolute Gasteiger partial charge is 0.123 e. The van der Waals surface area contributed by atoms with Gasteiger partial charge in [0.05, 0.1) is 0 Å². The van der Waals surface area contributed by atoms with Crippen molar-refractivity contribution in [2.24, 2.45) is 5.73 Å². The van der Waals surface area contributed by atoms with E-state index in [4.69, 9.17) is 5.73 Å². The monoisotopic (exact) mass is 284 g/mol. The van der Waals surface area contributed by atoms with Gasteiger partial charge < -0.3 is 10.6 Å². The van der Waals surface area contributed by atoms with Gasteiger partial charge >= 0.3 is 0 Å². The molecule has 0 amide bonds. The number of rotatable bonds is 4. The lowest BCUT2D eigenvalue weighted by molar-refractivity contribution is 0.598. The summed E-state index contributed by atoms with van der Waals surface area (Å²) in [5, 5.41) is 0. The molecule has 0 fully saturated rings. The number of benzene rings is 2. The van der Waals surface area contributed by atoms with E-state index >= 15 is 0 Å². The van der Waals surface area contributed by atoms with E-state index in [-0.39, 0.29) is 11.9 Å². The van der Waals surface area contributed by atoms with Crippen LogP contribution in [0.1, 0.15) is 30.0 Å². The predicted molar refractivity (Wildman–Crippen MR) is 84.9 cm³/mol. The highest BCUT2D eigenvalue weighted by Gasteiger charge is 2.17. The zero-order chi connectivity index (χ0) is 14.7. The minimum atomic E-state index is -0.212. The lowest BCUT2D eigenvalue weighted by Gasteiger charge is -2.32. The number of hydrogen-bond donors (Lipinski definition) is 1. The Morgan fingerprint density at radius 3 is 2.67 bits per heavy atom. The summed E-state index contributed by atoms with van der Waals surface area (Å²) in [7, 11) is 0. The van der Waals surface area contributed by atoms with Crippen molar-refractivity contribution in [3.8, 4) is 0 Å². The molecule has 0 aromatic heterocycles. The second kappa shape index (κ2) is 6.27. The molecule has 1 aliphatic heterocycles. The highest BCUT2D eigenvalue weighted by Crippen LogP contribution is 2.27. The zero-order valence-corrected chi connectivity index (χ0v) is 12.1. The summed E-state index contributed by atoms with van der Waals surface area (Å²) < 4.78 is 12.9. The molecule has 2 N–H and O–H groups in total. The fraction of sp³-hybridized carbons (Fsp3) is 0.333. The predicted octanol–water partition coefficient (Wildman–Crippen LogP) is 3.67. The zero-order valence-electron chi connectivity index (χ0n) is 12.1. The summed E-state index contributed by atoms with van der Waals surface area (Å²) in [5.74, 6) is -0.212. The number of fused-ring (bicyclic) bond motifs is 1. The van der Waals surface area contributed by atoms with Crippen molar-refractivity contribution in [2.45, 2.75) is 25.3 Å². The Bertz CT molecular complexity index is 594. The number of anilines is 1. The van der Waals surface area contributed by atoms with Crippen LogP contribution in [0.5, 0.6) is 0 Å². The normalized spacial score (nSPS) is 15.6. The third-order valence-corrected chi connectivity index (χ3v) is 4.21. The molecule has 0 saturated carbocycles. The van der Waals surface area contributed by atoms with Crippen molar-refractivity contribution in [3.63, 3.8) is 0 Å². The molecule has 1 atom stereocenters. The SMILES string of the molecule is NC(CCN1CCCc2ccccc21)c1ccc(F)cc1. The van der Waals surface area contributed by atoms with Crippen molar-refractivity contribution < 1.29 is 4.39 Å². The van der Waals surface area contributed by atoms with Gasteiger partial charge in [0.1, 0.15) is 5.82 Å². The molecule has 21 heavy (non-hydrogen) atoms. The summed E-state index contributed by atoms with van der Waals surface area (Å²) in [6.45, 7) is 2.03. The van der Waals surface area contributed by atoms with Gasteiger partial charge in [0.2, 0.25) is 0 Å². The maximum atomic E-state index is 12.9. The standard InChI is InChI=1S/C18H21FN2/c19-16-9-7-14(8-10-16)17(20)11-13-21-12-3-5-15-4-1-2-6-18(15)21/h1-2,4,6-10,17H,3,5,11-13,20H2. The number of halogens is 1. The first-order chi connectivity index (χ1) is 10.2. The summed E-state index contributed by atoms with van der Waals surface area (Å²) in [4.78, 5) is 2.42. The average molecular weight is 284 g/mol. The second-order valence-corrected chi connectivity index (χ2v) is 5.67. The maximum absolute atomic E-state index is 12.9. The van der Waals surface area contributed by atoms with E-state index < -0.39 is 0 Å². The topological polar surface area (TPSA) is 29.3 Å². The summed E-state index contributed by atoms with van der Waals surface area (Å²) >= 11 is 0. The summed E-state index contributed by atoms with van der Waals surface area (Å²) in [5.41, 5.74) is 10.0. The molecule has 0 saturated heterocycles. The summed E-state index contributed by atoms with van der Waals surface area (Å²) in [6.07, 6.45) is 3.24. The highest BCUT2D eigenvalue weighted by molar-refractivity contribution is 5.55. The highest BCUT2D eigenvalue weighted by atomic mass is 19.1. The number of hydrogen-bond acceptors (Lipinski definition) is 2. The Kier molecular flexibility index (Phi) is 4.20. The average Bonchev–Trinajstić information content (AvgIpc) is 2.53. The molecule has 1 unspecified atom stereocenters. The van der Waals surface area contributed by atoms with Crippen LogP contribution >= 0.6 is 0 Å². The fourth-order valence-corrected chi connectivity index (χ4v) is 3.02. The maximum Gasteiger partial charge on any atom is 0.123 e. The van der Waals surface area contributed by atoms with Crippen LogP contribution in [0.15, 0.2) is 48.5 Å². The van der Waals surface area contributed by atoms with Gasteiger partial charge in [0.25, 0.3) is 0 Å². The first-order valence-electron chi connectivity index (χ1n) is 7.58. The van der Waals surface area contributed by atoms with E-state index in [1.807, 2.05) is 0 Å². The largest absolute Gasteiger partial charge is 0.371 e. The molecular weight excluding hydrogens is 263 g/mol. The van der Waals surface area contributed by atoms with Crippen molar-refractivity contribution >= 4 is 5.69 Å². The van der Waals surface area contributed by atoms with Crippen LogP contribution in [0.25, 0.3) is 0 Å². The molecule has 2 aromatic rings. The molecule has 0 bridgehead atoms. The van der Waals surface area contributed by atoms with Crippen LogP contribution in [0.4, 0.5) is 10.1 Å². The van der Waals surface area contributed by atoms with Crippen molar-refractivity contribution in [2.75, 3.05) is 18.0 Å². The van der Waals surface area contributed by atoms with E-state index in [1.54, 1.807) is 12.1 Å². The van der Waals surface area contributed by atoms with E-state index in [9.17, 15) is 4.39 Å². The Morgan fingerprint density at radius 2 is 1.86 bits per heavy atom. The van der Waals surface area contributed by atoms with Gasteiger partial charge in [0.15, 0.2) is 0 Å². The Morgan fingerprint density at radius 1 is 1.10 bits per heavy atom. The quantitative estimate of drug-likeness (QED) is 0.928. The van der Waals surface area contributed by atoms with Gasteiger partial charge in [0, 0.05) is 24.8 Å².